The minimum Gasteiger partial charge on any atom is -0.493 e. The first kappa shape index (κ1) is 11.1. The predicted octanol–water partition coefficient (Wildman–Crippen LogP) is 2.77. The molecule has 14 heavy (non-hydrogen) atoms. The molecule has 1 aromatic rings. The molecular weight excluding hydrogens is 176 g/mol. The van der Waals surface area contributed by atoms with Crippen LogP contribution in [0, 0.1) is 0 Å². The third-order valence-corrected chi connectivity index (χ3v) is 2.18. The highest BCUT2D eigenvalue weighted by atomic mass is 16.5. The van der Waals surface area contributed by atoms with Crippen molar-refractivity contribution >= 4 is 0 Å². The lowest BCUT2D eigenvalue weighted by atomic mass is 9.91. The van der Waals surface area contributed by atoms with Gasteiger partial charge in [-0.15, -0.1) is 0 Å². The lowest BCUT2D eigenvalue weighted by Crippen LogP contribution is -2.20. The normalized spacial score (nSPS) is 12.2. The summed E-state index contributed by atoms with van der Waals surface area (Å²) >= 11 is 0. The van der Waals surface area contributed by atoms with Crippen LogP contribution >= 0.6 is 0 Å². The zero-order valence-corrected chi connectivity index (χ0v) is 9.96. The molecule has 0 saturated carbocycles. The Hall–Kier alpha value is -0.990. The summed E-state index contributed by atoms with van der Waals surface area (Å²) in [6, 6.07) is 0.369. The number of ether oxygens (including phenoxy) is 1. The summed E-state index contributed by atoms with van der Waals surface area (Å²) in [4.78, 5) is 0. The Balaban J connectivity index is 3.27. The molecule has 0 unspecified atom stereocenters. The van der Waals surface area contributed by atoms with Crippen molar-refractivity contribution in [2.45, 2.75) is 46.1 Å². The van der Waals surface area contributed by atoms with Gasteiger partial charge in [-0.1, -0.05) is 20.8 Å². The molecule has 0 fully saturated rings. The van der Waals surface area contributed by atoms with E-state index >= 15 is 0 Å². The SMILES string of the molecule is COc1cnn(C(C)C)c1C(C)(C)C. The molecule has 0 aliphatic heterocycles. The van der Waals surface area contributed by atoms with E-state index in [-0.39, 0.29) is 5.41 Å². The summed E-state index contributed by atoms with van der Waals surface area (Å²) in [5, 5.41) is 4.34. The summed E-state index contributed by atoms with van der Waals surface area (Å²) in [5.41, 5.74) is 1.22. The minimum absolute atomic E-state index is 0.0616. The third-order valence-electron chi connectivity index (χ3n) is 2.18. The van der Waals surface area contributed by atoms with Crippen molar-refractivity contribution in [1.29, 1.82) is 0 Å². The average Bonchev–Trinajstić information content (AvgIpc) is 2.45. The van der Waals surface area contributed by atoms with Gasteiger partial charge in [0.1, 0.15) is 0 Å². The van der Waals surface area contributed by atoms with Crippen LogP contribution in [0.2, 0.25) is 0 Å². The lowest BCUT2D eigenvalue weighted by Gasteiger charge is -2.23. The van der Waals surface area contributed by atoms with Gasteiger partial charge in [0.15, 0.2) is 5.75 Å². The van der Waals surface area contributed by atoms with E-state index in [4.69, 9.17) is 4.74 Å². The van der Waals surface area contributed by atoms with Gasteiger partial charge in [0.25, 0.3) is 0 Å². The summed E-state index contributed by atoms with van der Waals surface area (Å²) in [5.74, 6) is 0.881. The molecule has 3 heteroatoms. The van der Waals surface area contributed by atoms with Crippen molar-refractivity contribution in [3.63, 3.8) is 0 Å². The molecule has 0 saturated heterocycles. The summed E-state index contributed by atoms with van der Waals surface area (Å²) in [6.45, 7) is 10.8. The first-order chi connectivity index (χ1) is 6.38. The number of nitrogens with zero attached hydrogens (tertiary/aromatic N) is 2. The van der Waals surface area contributed by atoms with E-state index in [1.807, 2.05) is 4.68 Å². The molecule has 0 radical (unpaired) electrons. The highest BCUT2D eigenvalue weighted by Crippen LogP contribution is 2.32. The summed E-state index contributed by atoms with van der Waals surface area (Å²) < 4.78 is 7.35. The van der Waals surface area contributed by atoms with E-state index in [2.05, 4.69) is 39.7 Å². The van der Waals surface area contributed by atoms with Crippen LogP contribution in [-0.4, -0.2) is 16.9 Å². The lowest BCUT2D eigenvalue weighted by molar-refractivity contribution is 0.380. The van der Waals surface area contributed by atoms with E-state index in [1.54, 1.807) is 13.3 Å². The Kier molecular flexibility index (Phi) is 2.88. The standard InChI is InChI=1S/C11H20N2O/c1-8(2)13-10(11(3,4)5)9(14-6)7-12-13/h7-8H,1-6H3. The Labute approximate surface area is 86.1 Å². The van der Waals surface area contributed by atoms with Gasteiger partial charge < -0.3 is 4.74 Å². The van der Waals surface area contributed by atoms with Crippen LogP contribution in [0.3, 0.4) is 0 Å². The zero-order valence-electron chi connectivity index (χ0n) is 9.96. The maximum atomic E-state index is 5.32. The monoisotopic (exact) mass is 196 g/mol. The Morgan fingerprint density at radius 1 is 1.36 bits per heavy atom. The molecule has 0 atom stereocenters. The van der Waals surface area contributed by atoms with Crippen molar-refractivity contribution < 1.29 is 4.74 Å². The van der Waals surface area contributed by atoms with Gasteiger partial charge in [-0.25, -0.2) is 0 Å². The van der Waals surface area contributed by atoms with Crippen LogP contribution < -0.4 is 4.74 Å². The Bertz CT molecular complexity index is 308. The fraction of sp³-hybridized carbons (Fsp3) is 0.727. The highest BCUT2D eigenvalue weighted by molar-refractivity contribution is 5.31. The van der Waals surface area contributed by atoms with Crippen molar-refractivity contribution in [2.24, 2.45) is 0 Å². The van der Waals surface area contributed by atoms with E-state index in [0.717, 1.165) is 11.4 Å². The molecule has 80 valence electrons. The van der Waals surface area contributed by atoms with Crippen LogP contribution in [-0.2, 0) is 5.41 Å². The second-order valence-electron chi connectivity index (χ2n) is 4.85. The van der Waals surface area contributed by atoms with Crippen molar-refractivity contribution in [3.8, 4) is 5.75 Å². The number of hydrogen-bond donors (Lipinski definition) is 0. The van der Waals surface area contributed by atoms with Gasteiger partial charge in [0.2, 0.25) is 0 Å². The molecule has 0 spiro atoms. The maximum Gasteiger partial charge on any atom is 0.160 e. The molecule has 1 rings (SSSR count). The van der Waals surface area contributed by atoms with Crippen LogP contribution in [0.1, 0.15) is 46.4 Å². The van der Waals surface area contributed by atoms with Gasteiger partial charge in [-0.05, 0) is 13.8 Å². The molecule has 0 aromatic carbocycles. The number of hydrogen-bond acceptors (Lipinski definition) is 2. The number of rotatable bonds is 2. The van der Waals surface area contributed by atoms with Crippen molar-refractivity contribution in [1.82, 2.24) is 9.78 Å². The number of aromatic nitrogens is 2. The molecular formula is C11H20N2O. The van der Waals surface area contributed by atoms with Crippen LogP contribution in [0.4, 0.5) is 0 Å². The summed E-state index contributed by atoms with van der Waals surface area (Å²) in [7, 11) is 1.69. The van der Waals surface area contributed by atoms with Crippen LogP contribution in [0.15, 0.2) is 6.20 Å². The summed E-state index contributed by atoms with van der Waals surface area (Å²) in [6.07, 6.45) is 1.79. The van der Waals surface area contributed by atoms with Crippen LogP contribution in [0.25, 0.3) is 0 Å². The predicted molar refractivity (Wildman–Crippen MR) is 57.9 cm³/mol. The van der Waals surface area contributed by atoms with E-state index < -0.39 is 0 Å². The fourth-order valence-corrected chi connectivity index (χ4v) is 1.60. The molecule has 1 aromatic heterocycles. The van der Waals surface area contributed by atoms with E-state index in [1.165, 1.54) is 0 Å². The third kappa shape index (κ3) is 1.91. The molecule has 1 heterocycles. The van der Waals surface area contributed by atoms with Gasteiger partial charge in [0, 0.05) is 11.5 Å². The molecule has 0 bridgehead atoms. The zero-order chi connectivity index (χ0) is 10.9. The molecule has 0 amide bonds. The van der Waals surface area contributed by atoms with Crippen molar-refractivity contribution in [3.05, 3.63) is 11.9 Å². The maximum absolute atomic E-state index is 5.32. The Morgan fingerprint density at radius 2 is 1.93 bits per heavy atom. The van der Waals surface area contributed by atoms with E-state index in [9.17, 15) is 0 Å². The highest BCUT2D eigenvalue weighted by Gasteiger charge is 2.25. The minimum atomic E-state index is 0.0616. The van der Waals surface area contributed by atoms with Gasteiger partial charge >= 0.3 is 0 Å². The molecule has 0 aliphatic carbocycles. The first-order valence-corrected chi connectivity index (χ1v) is 5.00. The molecule has 0 aliphatic rings. The largest absolute Gasteiger partial charge is 0.493 e. The fourth-order valence-electron chi connectivity index (χ4n) is 1.60. The molecule has 3 nitrogen and oxygen atoms in total. The second kappa shape index (κ2) is 3.64. The van der Waals surface area contributed by atoms with Crippen molar-refractivity contribution in [2.75, 3.05) is 7.11 Å². The average molecular weight is 196 g/mol. The number of methoxy groups -OCH3 is 1. The Morgan fingerprint density at radius 3 is 2.29 bits per heavy atom. The second-order valence-corrected chi connectivity index (χ2v) is 4.85. The first-order valence-electron chi connectivity index (χ1n) is 5.00. The topological polar surface area (TPSA) is 27.1 Å². The van der Waals surface area contributed by atoms with Crippen LogP contribution in [0.5, 0.6) is 5.75 Å². The van der Waals surface area contributed by atoms with Gasteiger partial charge in [0.05, 0.1) is 19.0 Å². The van der Waals surface area contributed by atoms with Gasteiger partial charge in [-0.3, -0.25) is 4.68 Å². The van der Waals surface area contributed by atoms with Gasteiger partial charge in [-0.2, -0.15) is 5.10 Å². The molecule has 0 N–H and O–H groups in total. The quantitative estimate of drug-likeness (QED) is 0.727. The van der Waals surface area contributed by atoms with E-state index in [0.29, 0.717) is 6.04 Å². The smallest absolute Gasteiger partial charge is 0.160 e.